The molecule has 18 heavy (non-hydrogen) atoms. The number of nitrogens with one attached hydrogen (secondary N) is 1. The molecule has 1 aliphatic heterocycles. The molecule has 1 fully saturated rings. The van der Waals surface area contributed by atoms with Gasteiger partial charge in [0.2, 0.25) is 0 Å². The van der Waals surface area contributed by atoms with Crippen LogP contribution in [0.3, 0.4) is 0 Å². The number of terminal acetylenes is 1. The van der Waals surface area contributed by atoms with E-state index in [0.717, 1.165) is 19.4 Å². The predicted octanol–water partition coefficient (Wildman–Crippen LogP) is 2.81. The van der Waals surface area contributed by atoms with E-state index in [1.165, 1.54) is 31.5 Å². The lowest BCUT2D eigenvalue weighted by atomic mass is 10.0. The molecule has 0 amide bonds. The molecule has 102 valence electrons. The van der Waals surface area contributed by atoms with E-state index in [2.05, 4.69) is 43.0 Å². The van der Waals surface area contributed by atoms with Crippen LogP contribution in [0.25, 0.3) is 0 Å². The fourth-order valence-electron chi connectivity index (χ4n) is 2.38. The maximum atomic E-state index is 5.55. The number of nitrogens with zero attached hydrogens (tertiary/aromatic N) is 1. The molecule has 0 aromatic heterocycles. The van der Waals surface area contributed by atoms with Crippen molar-refractivity contribution < 1.29 is 0 Å². The lowest BCUT2D eigenvalue weighted by Gasteiger charge is -2.33. The van der Waals surface area contributed by atoms with Crippen molar-refractivity contribution >= 4 is 0 Å². The SMILES string of the molecule is C#CC(CCC)NC1CCN(CC=C(C)C)CC1. The summed E-state index contributed by atoms with van der Waals surface area (Å²) in [5.74, 6) is 2.87. The average Bonchev–Trinajstić information content (AvgIpc) is 2.37. The summed E-state index contributed by atoms with van der Waals surface area (Å²) in [7, 11) is 0. The zero-order valence-corrected chi connectivity index (χ0v) is 12.2. The maximum absolute atomic E-state index is 5.55. The normalized spacial score (nSPS) is 19.2. The van der Waals surface area contributed by atoms with Crippen LogP contribution in [0.15, 0.2) is 11.6 Å². The highest BCUT2D eigenvalue weighted by Crippen LogP contribution is 2.12. The van der Waals surface area contributed by atoms with Crippen LogP contribution in [0.1, 0.15) is 46.5 Å². The summed E-state index contributed by atoms with van der Waals surface area (Å²) in [6.45, 7) is 9.99. The summed E-state index contributed by atoms with van der Waals surface area (Å²) >= 11 is 0. The Bertz CT molecular complexity index is 289. The zero-order valence-electron chi connectivity index (χ0n) is 12.2. The van der Waals surface area contributed by atoms with E-state index in [9.17, 15) is 0 Å². The standard InChI is InChI=1S/C16H28N2/c1-5-7-15(6-2)17-16-9-12-18(13-10-16)11-8-14(3)4/h2,8,15-17H,5,7,9-13H2,1,3-4H3. The van der Waals surface area contributed by atoms with Crippen molar-refractivity contribution in [1.29, 1.82) is 0 Å². The van der Waals surface area contributed by atoms with Crippen molar-refractivity contribution in [3.8, 4) is 12.3 Å². The van der Waals surface area contributed by atoms with Crippen LogP contribution in [-0.2, 0) is 0 Å². The molecule has 0 spiro atoms. The third-order valence-corrected chi connectivity index (χ3v) is 3.56. The molecule has 1 atom stereocenters. The minimum Gasteiger partial charge on any atom is -0.301 e. The van der Waals surface area contributed by atoms with E-state index < -0.39 is 0 Å². The van der Waals surface area contributed by atoms with Gasteiger partial charge in [-0.3, -0.25) is 4.90 Å². The van der Waals surface area contributed by atoms with Gasteiger partial charge in [0, 0.05) is 12.6 Å². The summed E-state index contributed by atoms with van der Waals surface area (Å²) in [5.41, 5.74) is 1.41. The molecule has 0 bridgehead atoms. The van der Waals surface area contributed by atoms with Crippen LogP contribution in [0.4, 0.5) is 0 Å². The zero-order chi connectivity index (χ0) is 13.4. The molecule has 1 unspecified atom stereocenters. The Morgan fingerprint density at radius 1 is 1.44 bits per heavy atom. The lowest BCUT2D eigenvalue weighted by Crippen LogP contribution is -2.45. The number of hydrogen-bond acceptors (Lipinski definition) is 2. The Balaban J connectivity index is 2.27. The molecule has 1 heterocycles. The topological polar surface area (TPSA) is 15.3 Å². The second-order valence-electron chi connectivity index (χ2n) is 5.53. The van der Waals surface area contributed by atoms with Crippen molar-refractivity contribution in [3.63, 3.8) is 0 Å². The van der Waals surface area contributed by atoms with Crippen LogP contribution < -0.4 is 5.32 Å². The Morgan fingerprint density at radius 3 is 2.61 bits per heavy atom. The second kappa shape index (κ2) is 8.34. The highest BCUT2D eigenvalue weighted by atomic mass is 15.1. The van der Waals surface area contributed by atoms with Gasteiger partial charge in [-0.25, -0.2) is 0 Å². The van der Waals surface area contributed by atoms with Crippen molar-refractivity contribution in [2.75, 3.05) is 19.6 Å². The first-order chi connectivity index (χ1) is 8.65. The molecule has 2 nitrogen and oxygen atoms in total. The van der Waals surface area contributed by atoms with Gasteiger partial charge in [-0.15, -0.1) is 6.42 Å². The van der Waals surface area contributed by atoms with Gasteiger partial charge in [0.15, 0.2) is 0 Å². The number of rotatable bonds is 6. The molecule has 0 aliphatic carbocycles. The summed E-state index contributed by atoms with van der Waals surface area (Å²) < 4.78 is 0. The number of likely N-dealkylation sites (tertiary alicyclic amines) is 1. The molecule has 1 rings (SSSR count). The summed E-state index contributed by atoms with van der Waals surface area (Å²) in [6, 6.07) is 0.880. The first kappa shape index (κ1) is 15.3. The quantitative estimate of drug-likeness (QED) is 0.574. The van der Waals surface area contributed by atoms with Crippen molar-refractivity contribution in [1.82, 2.24) is 10.2 Å². The van der Waals surface area contributed by atoms with Gasteiger partial charge >= 0.3 is 0 Å². The smallest absolute Gasteiger partial charge is 0.0688 e. The maximum Gasteiger partial charge on any atom is 0.0688 e. The molecule has 1 aliphatic rings. The van der Waals surface area contributed by atoms with Gasteiger partial charge in [-0.1, -0.05) is 30.9 Å². The van der Waals surface area contributed by atoms with Gasteiger partial charge in [-0.2, -0.15) is 0 Å². The largest absolute Gasteiger partial charge is 0.301 e. The summed E-state index contributed by atoms with van der Waals surface area (Å²) in [4.78, 5) is 2.52. The van der Waals surface area contributed by atoms with Gasteiger partial charge in [0.25, 0.3) is 0 Å². The highest BCUT2D eigenvalue weighted by Gasteiger charge is 2.19. The molecule has 1 saturated heterocycles. The summed E-state index contributed by atoms with van der Waals surface area (Å²) in [6.07, 6.45) is 12.6. The van der Waals surface area contributed by atoms with E-state index in [0.29, 0.717) is 6.04 Å². The van der Waals surface area contributed by atoms with Crippen molar-refractivity contribution in [2.45, 2.75) is 58.5 Å². The Kier molecular flexibility index (Phi) is 7.08. The molecule has 0 radical (unpaired) electrons. The molecular formula is C16H28N2. The van der Waals surface area contributed by atoms with E-state index in [1.807, 2.05) is 0 Å². The number of allylic oxidation sites excluding steroid dienone is 1. The van der Waals surface area contributed by atoms with Crippen LogP contribution in [0.2, 0.25) is 0 Å². The second-order valence-corrected chi connectivity index (χ2v) is 5.53. The van der Waals surface area contributed by atoms with Gasteiger partial charge < -0.3 is 5.32 Å². The first-order valence-corrected chi connectivity index (χ1v) is 7.23. The third kappa shape index (κ3) is 5.71. The fraction of sp³-hybridized carbons (Fsp3) is 0.750. The molecule has 2 heteroatoms. The monoisotopic (exact) mass is 248 g/mol. The first-order valence-electron chi connectivity index (χ1n) is 7.23. The fourth-order valence-corrected chi connectivity index (χ4v) is 2.38. The van der Waals surface area contributed by atoms with Crippen molar-refractivity contribution in [2.24, 2.45) is 0 Å². The Hall–Kier alpha value is -0.780. The number of piperidine rings is 1. The van der Waals surface area contributed by atoms with E-state index in [1.54, 1.807) is 0 Å². The highest BCUT2D eigenvalue weighted by molar-refractivity contribution is 5.00. The summed E-state index contributed by atoms with van der Waals surface area (Å²) in [5, 5.41) is 3.61. The molecule has 1 N–H and O–H groups in total. The molecule has 0 aromatic carbocycles. The molecular weight excluding hydrogens is 220 g/mol. The van der Waals surface area contributed by atoms with Crippen molar-refractivity contribution in [3.05, 3.63) is 11.6 Å². The van der Waals surface area contributed by atoms with Crippen LogP contribution >= 0.6 is 0 Å². The van der Waals surface area contributed by atoms with Gasteiger partial charge in [0.1, 0.15) is 0 Å². The number of hydrogen-bond donors (Lipinski definition) is 1. The third-order valence-electron chi connectivity index (χ3n) is 3.56. The van der Waals surface area contributed by atoms with E-state index in [-0.39, 0.29) is 6.04 Å². The molecule has 0 aromatic rings. The van der Waals surface area contributed by atoms with Crippen LogP contribution in [0, 0.1) is 12.3 Å². The van der Waals surface area contributed by atoms with Gasteiger partial charge in [0.05, 0.1) is 6.04 Å². The molecule has 0 saturated carbocycles. The van der Waals surface area contributed by atoms with E-state index in [4.69, 9.17) is 6.42 Å². The van der Waals surface area contributed by atoms with Crippen LogP contribution in [0.5, 0.6) is 0 Å². The average molecular weight is 248 g/mol. The van der Waals surface area contributed by atoms with E-state index >= 15 is 0 Å². The Morgan fingerprint density at radius 2 is 2.11 bits per heavy atom. The minimum absolute atomic E-state index is 0.268. The lowest BCUT2D eigenvalue weighted by molar-refractivity contribution is 0.210. The Labute approximate surface area is 113 Å². The van der Waals surface area contributed by atoms with Crippen LogP contribution in [-0.4, -0.2) is 36.6 Å². The van der Waals surface area contributed by atoms with Gasteiger partial charge in [-0.05, 0) is 46.2 Å². The minimum atomic E-state index is 0.268. The predicted molar refractivity (Wildman–Crippen MR) is 79.6 cm³/mol.